The Kier molecular flexibility index (Phi) is 5.99. The summed E-state index contributed by atoms with van der Waals surface area (Å²) in [6.45, 7) is -1.02. The smallest absolute Gasteiger partial charge is 0.405 e. The third-order valence-corrected chi connectivity index (χ3v) is 3.39. The van der Waals surface area contributed by atoms with E-state index >= 15 is 0 Å². The molecule has 0 fully saturated rings. The minimum Gasteiger partial charge on any atom is -0.405 e. The maximum absolute atomic E-state index is 12.4. The number of nitriles is 1. The van der Waals surface area contributed by atoms with Crippen LogP contribution in [0.25, 0.3) is 0 Å². The van der Waals surface area contributed by atoms with E-state index in [2.05, 4.69) is 10.1 Å². The van der Waals surface area contributed by atoms with Gasteiger partial charge in [-0.3, -0.25) is 24.3 Å². The van der Waals surface area contributed by atoms with E-state index in [4.69, 9.17) is 5.26 Å². The average molecular weight is 396 g/mol. The van der Waals surface area contributed by atoms with Crippen LogP contribution in [0.1, 0.15) is 11.1 Å². The van der Waals surface area contributed by atoms with Gasteiger partial charge in [-0.15, -0.1) is 13.2 Å². The molecule has 0 aliphatic rings. The molecule has 0 atom stereocenters. The Morgan fingerprint density at radius 2 is 2.04 bits per heavy atom. The largest absolute Gasteiger partial charge is 0.573 e. The first-order valence-corrected chi connectivity index (χ1v) is 7.50. The minimum atomic E-state index is -4.91. The molecule has 1 heterocycles. The molecule has 2 rings (SSSR count). The van der Waals surface area contributed by atoms with Gasteiger partial charge in [0.1, 0.15) is 23.9 Å². The zero-order valence-corrected chi connectivity index (χ0v) is 13.9. The summed E-state index contributed by atoms with van der Waals surface area (Å²) >= 11 is 0. The number of benzene rings is 1. The number of alkyl halides is 3. The van der Waals surface area contributed by atoms with Crippen molar-refractivity contribution in [1.82, 2.24) is 9.88 Å². The molecule has 0 saturated heterocycles. The van der Waals surface area contributed by atoms with Crippen molar-refractivity contribution < 1.29 is 27.6 Å². The number of pyridine rings is 1. The molecule has 0 radical (unpaired) electrons. The highest BCUT2D eigenvalue weighted by molar-refractivity contribution is 5.75. The van der Waals surface area contributed by atoms with Gasteiger partial charge in [-0.25, -0.2) is 0 Å². The fraction of sp³-hybridized carbons (Fsp3) is 0.188. The molecule has 1 aromatic heterocycles. The molecule has 9 nitrogen and oxygen atoms in total. The lowest BCUT2D eigenvalue weighted by Crippen LogP contribution is -2.33. The number of para-hydroxylation sites is 1. The maximum atomic E-state index is 12.4. The summed E-state index contributed by atoms with van der Waals surface area (Å²) in [6, 6.07) is 7.40. The summed E-state index contributed by atoms with van der Waals surface area (Å²) in [4.78, 5) is 34.0. The van der Waals surface area contributed by atoms with Crippen LogP contribution in [-0.2, 0) is 17.9 Å². The molecule has 0 spiro atoms. The fourth-order valence-electron chi connectivity index (χ4n) is 2.20. The number of amides is 1. The van der Waals surface area contributed by atoms with E-state index < -0.39 is 46.3 Å². The molecular weight excluding hydrogens is 385 g/mol. The average Bonchev–Trinajstić information content (AvgIpc) is 2.61. The number of nitrogens with one attached hydrogen (secondary N) is 1. The Labute approximate surface area is 154 Å². The summed E-state index contributed by atoms with van der Waals surface area (Å²) < 4.78 is 41.7. The lowest BCUT2D eigenvalue weighted by molar-refractivity contribution is -0.385. The van der Waals surface area contributed by atoms with Crippen LogP contribution in [0, 0.1) is 21.4 Å². The van der Waals surface area contributed by atoms with E-state index in [-0.39, 0.29) is 12.1 Å². The first-order chi connectivity index (χ1) is 13.1. The molecule has 0 aliphatic carbocycles. The van der Waals surface area contributed by atoms with Crippen molar-refractivity contribution in [2.75, 3.05) is 0 Å². The molecule has 2 aromatic rings. The molecule has 146 valence electrons. The lowest BCUT2D eigenvalue weighted by atomic mass is 10.2. The number of ether oxygens (including phenoxy) is 1. The number of aromatic nitrogens is 1. The van der Waals surface area contributed by atoms with Crippen LogP contribution in [-0.4, -0.2) is 21.8 Å². The highest BCUT2D eigenvalue weighted by atomic mass is 19.4. The van der Waals surface area contributed by atoms with Gasteiger partial charge in [-0.2, -0.15) is 5.26 Å². The van der Waals surface area contributed by atoms with Gasteiger partial charge in [-0.1, -0.05) is 18.2 Å². The Bertz CT molecular complexity index is 1010. The van der Waals surface area contributed by atoms with Gasteiger partial charge < -0.3 is 10.1 Å². The highest BCUT2D eigenvalue weighted by Gasteiger charge is 2.32. The topological polar surface area (TPSA) is 127 Å². The number of halogens is 3. The Morgan fingerprint density at radius 3 is 2.64 bits per heavy atom. The molecule has 12 heteroatoms. The van der Waals surface area contributed by atoms with Gasteiger partial charge in [0.25, 0.3) is 11.2 Å². The standard InChI is InChI=1S/C16H11F3N4O5/c17-16(18,19)28-13-4-2-1-3-10(13)7-21-14(24)9-22-8-12(23(26)27)5-11(6-20)15(22)25/h1-5,8H,7,9H2,(H,21,24). The number of carbonyl (C=O) groups excluding carboxylic acids is 1. The van der Waals surface area contributed by atoms with E-state index in [0.717, 1.165) is 18.3 Å². The van der Waals surface area contributed by atoms with Crippen LogP contribution in [0.5, 0.6) is 5.75 Å². The van der Waals surface area contributed by atoms with Gasteiger partial charge in [0.2, 0.25) is 5.91 Å². The Morgan fingerprint density at radius 1 is 1.36 bits per heavy atom. The number of rotatable bonds is 6. The zero-order valence-electron chi connectivity index (χ0n) is 13.9. The van der Waals surface area contributed by atoms with Crippen molar-refractivity contribution in [3.05, 3.63) is 68.1 Å². The van der Waals surface area contributed by atoms with Crippen molar-refractivity contribution in [3.63, 3.8) is 0 Å². The second-order valence-corrected chi connectivity index (χ2v) is 5.35. The molecule has 0 aliphatic heterocycles. The van der Waals surface area contributed by atoms with Crippen LogP contribution in [0.2, 0.25) is 0 Å². The SMILES string of the molecule is N#Cc1cc([N+](=O)[O-])cn(CC(=O)NCc2ccccc2OC(F)(F)F)c1=O. The quantitative estimate of drug-likeness (QED) is 0.586. The van der Waals surface area contributed by atoms with E-state index in [0.29, 0.717) is 4.57 Å². The second kappa shape index (κ2) is 8.21. The highest BCUT2D eigenvalue weighted by Crippen LogP contribution is 2.26. The summed E-state index contributed by atoms with van der Waals surface area (Å²) in [5.41, 5.74) is -1.97. The Hall–Kier alpha value is -3.88. The minimum absolute atomic E-state index is 0.0253. The van der Waals surface area contributed by atoms with Crippen LogP contribution >= 0.6 is 0 Å². The number of hydrogen-bond donors (Lipinski definition) is 1. The van der Waals surface area contributed by atoms with E-state index in [9.17, 15) is 32.9 Å². The molecule has 0 bridgehead atoms. The van der Waals surface area contributed by atoms with Gasteiger partial charge >= 0.3 is 6.36 Å². The van der Waals surface area contributed by atoms with Crippen LogP contribution in [0.15, 0.2) is 41.3 Å². The van der Waals surface area contributed by atoms with Crippen LogP contribution in [0.3, 0.4) is 0 Å². The van der Waals surface area contributed by atoms with E-state index in [1.165, 1.54) is 24.3 Å². The molecule has 1 aromatic carbocycles. The first kappa shape index (κ1) is 20.4. The molecule has 0 unspecified atom stereocenters. The number of nitro groups is 1. The molecule has 28 heavy (non-hydrogen) atoms. The summed E-state index contributed by atoms with van der Waals surface area (Å²) in [5, 5.41) is 22.0. The van der Waals surface area contributed by atoms with Crippen LogP contribution in [0.4, 0.5) is 18.9 Å². The van der Waals surface area contributed by atoms with Crippen molar-refractivity contribution in [2.45, 2.75) is 19.5 Å². The van der Waals surface area contributed by atoms with Gasteiger partial charge in [0, 0.05) is 18.2 Å². The monoisotopic (exact) mass is 396 g/mol. The fourth-order valence-corrected chi connectivity index (χ4v) is 2.20. The Balaban J connectivity index is 2.15. The van der Waals surface area contributed by atoms with Crippen molar-refractivity contribution in [3.8, 4) is 11.8 Å². The number of carbonyl (C=O) groups is 1. The molecular formula is C16H11F3N4O5. The summed E-state index contributed by atoms with van der Waals surface area (Å²) in [7, 11) is 0. The summed E-state index contributed by atoms with van der Waals surface area (Å²) in [5.74, 6) is -1.32. The van der Waals surface area contributed by atoms with Gasteiger partial charge in [-0.05, 0) is 6.07 Å². The van der Waals surface area contributed by atoms with Crippen molar-refractivity contribution >= 4 is 11.6 Å². The number of hydrogen-bond acceptors (Lipinski definition) is 6. The zero-order chi connectivity index (χ0) is 20.9. The van der Waals surface area contributed by atoms with Crippen molar-refractivity contribution in [2.24, 2.45) is 0 Å². The first-order valence-electron chi connectivity index (χ1n) is 7.50. The van der Waals surface area contributed by atoms with Crippen LogP contribution < -0.4 is 15.6 Å². The normalized spacial score (nSPS) is 10.8. The van der Waals surface area contributed by atoms with Gasteiger partial charge in [0.05, 0.1) is 11.1 Å². The third kappa shape index (κ3) is 5.31. The van der Waals surface area contributed by atoms with Gasteiger partial charge in [0.15, 0.2) is 0 Å². The molecule has 1 N–H and O–H groups in total. The number of nitrogens with zero attached hydrogens (tertiary/aromatic N) is 3. The predicted octanol–water partition coefficient (Wildman–Crippen LogP) is 1.84. The van der Waals surface area contributed by atoms with E-state index in [1.54, 1.807) is 0 Å². The third-order valence-electron chi connectivity index (χ3n) is 3.39. The van der Waals surface area contributed by atoms with Crippen molar-refractivity contribution in [1.29, 1.82) is 5.26 Å². The second-order valence-electron chi connectivity index (χ2n) is 5.35. The predicted molar refractivity (Wildman–Crippen MR) is 87.0 cm³/mol. The molecule has 1 amide bonds. The lowest BCUT2D eigenvalue weighted by Gasteiger charge is -2.14. The maximum Gasteiger partial charge on any atom is 0.573 e. The molecule has 0 saturated carbocycles. The van der Waals surface area contributed by atoms with E-state index in [1.807, 2.05) is 0 Å². The summed E-state index contributed by atoms with van der Waals surface area (Å²) in [6.07, 6.45) is -4.12.